The lowest BCUT2D eigenvalue weighted by molar-refractivity contribution is -0.146. The van der Waals surface area contributed by atoms with Crippen molar-refractivity contribution in [3.8, 4) is 0 Å². The van der Waals surface area contributed by atoms with E-state index in [0.717, 1.165) is 57.3 Å². The summed E-state index contributed by atoms with van der Waals surface area (Å²) in [6, 6.07) is 10.4. The third-order valence-corrected chi connectivity index (χ3v) is 6.03. The fraction of sp³-hybridized carbons (Fsp3) is 0.619. The highest BCUT2D eigenvalue weighted by molar-refractivity contribution is 5.79. The number of piperidine rings is 2. The zero-order valence-electron chi connectivity index (χ0n) is 15.4. The number of ether oxygens (including phenoxy) is 1. The third-order valence-electron chi connectivity index (χ3n) is 6.03. The molecular formula is C21H28N2O3. The first kappa shape index (κ1) is 17.5. The summed E-state index contributed by atoms with van der Waals surface area (Å²) in [6.45, 7) is 3.03. The number of rotatable bonds is 5. The second kappa shape index (κ2) is 7.39. The molecule has 26 heavy (non-hydrogen) atoms. The smallest absolute Gasteiger partial charge is 0.248 e. The lowest BCUT2D eigenvalue weighted by atomic mass is 9.73. The molecular weight excluding hydrogens is 328 g/mol. The van der Waals surface area contributed by atoms with Crippen LogP contribution in [0.5, 0.6) is 0 Å². The molecule has 1 spiro atoms. The van der Waals surface area contributed by atoms with Crippen LogP contribution in [-0.2, 0) is 20.9 Å². The van der Waals surface area contributed by atoms with Gasteiger partial charge in [0.05, 0.1) is 6.61 Å². The first-order chi connectivity index (χ1) is 12.7. The highest BCUT2D eigenvalue weighted by Gasteiger charge is 2.46. The molecule has 3 aliphatic rings. The fourth-order valence-electron chi connectivity index (χ4n) is 4.44. The molecule has 0 aromatic heterocycles. The Labute approximate surface area is 155 Å². The Kier molecular flexibility index (Phi) is 4.98. The average Bonchev–Trinajstić information content (AvgIpc) is 3.50. The van der Waals surface area contributed by atoms with Gasteiger partial charge in [-0.2, -0.15) is 0 Å². The Morgan fingerprint density at radius 2 is 1.96 bits per heavy atom. The third kappa shape index (κ3) is 3.93. The summed E-state index contributed by atoms with van der Waals surface area (Å²) in [7, 11) is 0. The van der Waals surface area contributed by atoms with Crippen LogP contribution in [0, 0.1) is 5.41 Å². The van der Waals surface area contributed by atoms with Crippen molar-refractivity contribution in [2.24, 2.45) is 5.41 Å². The van der Waals surface area contributed by atoms with Gasteiger partial charge in [-0.05, 0) is 37.7 Å². The van der Waals surface area contributed by atoms with Gasteiger partial charge in [0, 0.05) is 37.5 Å². The van der Waals surface area contributed by atoms with E-state index in [9.17, 15) is 9.59 Å². The van der Waals surface area contributed by atoms with Gasteiger partial charge >= 0.3 is 0 Å². The van der Waals surface area contributed by atoms with Crippen LogP contribution >= 0.6 is 0 Å². The molecule has 140 valence electrons. The molecule has 0 N–H and O–H groups in total. The molecule has 3 fully saturated rings. The van der Waals surface area contributed by atoms with Gasteiger partial charge in [-0.25, -0.2) is 0 Å². The Hall–Kier alpha value is -1.88. The number of carbonyl (C=O) groups excluding carboxylic acids is 2. The molecule has 1 saturated carbocycles. The maximum Gasteiger partial charge on any atom is 0.248 e. The second-order valence-corrected chi connectivity index (χ2v) is 8.15. The van der Waals surface area contributed by atoms with Gasteiger partial charge in [-0.3, -0.25) is 9.59 Å². The van der Waals surface area contributed by atoms with Crippen LogP contribution < -0.4 is 0 Å². The first-order valence-electron chi connectivity index (χ1n) is 9.84. The molecule has 2 saturated heterocycles. The average molecular weight is 356 g/mol. The molecule has 5 nitrogen and oxygen atoms in total. The summed E-state index contributed by atoms with van der Waals surface area (Å²) in [5.74, 6) is 0.391. The van der Waals surface area contributed by atoms with E-state index in [-0.39, 0.29) is 17.9 Å². The van der Waals surface area contributed by atoms with Crippen molar-refractivity contribution in [2.75, 3.05) is 26.2 Å². The van der Waals surface area contributed by atoms with E-state index in [1.54, 1.807) is 0 Å². The van der Waals surface area contributed by atoms with Crippen molar-refractivity contribution in [3.63, 3.8) is 0 Å². The van der Waals surface area contributed by atoms with Crippen molar-refractivity contribution in [2.45, 2.75) is 51.2 Å². The highest BCUT2D eigenvalue weighted by Crippen LogP contribution is 2.42. The van der Waals surface area contributed by atoms with Crippen LogP contribution in [0.1, 0.15) is 44.1 Å². The number of hydrogen-bond donors (Lipinski definition) is 0. The summed E-state index contributed by atoms with van der Waals surface area (Å²) >= 11 is 0. The summed E-state index contributed by atoms with van der Waals surface area (Å²) in [6.07, 6.45) is 6.01. The maximum absolute atomic E-state index is 12.6. The SMILES string of the molecule is O=C(COCc1ccccc1)N1CCCC2(CCC(=O)N(C3CC3)C2)C1. The molecule has 0 radical (unpaired) electrons. The van der Waals surface area contributed by atoms with Crippen molar-refractivity contribution >= 4 is 11.8 Å². The highest BCUT2D eigenvalue weighted by atomic mass is 16.5. The fourth-order valence-corrected chi connectivity index (χ4v) is 4.44. The van der Waals surface area contributed by atoms with Crippen molar-refractivity contribution in [3.05, 3.63) is 35.9 Å². The maximum atomic E-state index is 12.6. The standard InChI is InChI=1S/C21H28N2O3/c24-19-9-11-21(16-23(19)18-7-8-18)10-4-12-22(15-21)20(25)14-26-13-17-5-2-1-3-6-17/h1-3,5-6,18H,4,7-16H2. The van der Waals surface area contributed by atoms with Gasteiger partial charge in [-0.15, -0.1) is 0 Å². The topological polar surface area (TPSA) is 49.9 Å². The van der Waals surface area contributed by atoms with Crippen LogP contribution in [0.2, 0.25) is 0 Å². The van der Waals surface area contributed by atoms with E-state index in [0.29, 0.717) is 25.0 Å². The van der Waals surface area contributed by atoms with Gasteiger partial charge in [0.15, 0.2) is 0 Å². The van der Waals surface area contributed by atoms with Crippen LogP contribution in [0.4, 0.5) is 0 Å². The lowest BCUT2D eigenvalue weighted by Crippen LogP contribution is -2.56. The first-order valence-corrected chi connectivity index (χ1v) is 9.84. The Balaban J connectivity index is 1.31. The Morgan fingerprint density at radius 3 is 2.73 bits per heavy atom. The van der Waals surface area contributed by atoms with Crippen LogP contribution in [0.15, 0.2) is 30.3 Å². The van der Waals surface area contributed by atoms with Crippen molar-refractivity contribution < 1.29 is 14.3 Å². The summed E-state index contributed by atoms with van der Waals surface area (Å²) in [5, 5.41) is 0. The second-order valence-electron chi connectivity index (χ2n) is 8.15. The van der Waals surface area contributed by atoms with Gasteiger partial charge in [0.1, 0.15) is 6.61 Å². The molecule has 1 aromatic carbocycles. The zero-order valence-corrected chi connectivity index (χ0v) is 15.4. The van der Waals surface area contributed by atoms with Gasteiger partial charge in [0.25, 0.3) is 0 Å². The minimum absolute atomic E-state index is 0.0786. The predicted molar refractivity (Wildman–Crippen MR) is 98.3 cm³/mol. The lowest BCUT2D eigenvalue weighted by Gasteiger charge is -2.48. The predicted octanol–water partition coefficient (Wildman–Crippen LogP) is 2.60. The van der Waals surface area contributed by atoms with E-state index in [1.807, 2.05) is 35.2 Å². The number of nitrogens with zero attached hydrogens (tertiary/aromatic N) is 2. The molecule has 4 rings (SSSR count). The zero-order chi connectivity index (χ0) is 18.0. The Bertz CT molecular complexity index is 658. The quantitative estimate of drug-likeness (QED) is 0.815. The van der Waals surface area contributed by atoms with E-state index >= 15 is 0 Å². The number of benzene rings is 1. The normalized spacial score (nSPS) is 26.4. The monoisotopic (exact) mass is 356 g/mol. The van der Waals surface area contributed by atoms with Crippen molar-refractivity contribution in [1.82, 2.24) is 9.80 Å². The summed E-state index contributed by atoms with van der Waals surface area (Å²) in [5.41, 5.74) is 1.19. The van der Waals surface area contributed by atoms with E-state index in [4.69, 9.17) is 4.74 Å². The molecule has 1 aromatic rings. The number of carbonyl (C=O) groups is 2. The molecule has 1 aliphatic carbocycles. The molecule has 2 aliphatic heterocycles. The molecule has 0 bridgehead atoms. The number of likely N-dealkylation sites (tertiary alicyclic amines) is 2. The Morgan fingerprint density at radius 1 is 1.15 bits per heavy atom. The molecule has 1 unspecified atom stereocenters. The summed E-state index contributed by atoms with van der Waals surface area (Å²) in [4.78, 5) is 28.9. The summed E-state index contributed by atoms with van der Waals surface area (Å²) < 4.78 is 5.64. The number of hydrogen-bond acceptors (Lipinski definition) is 3. The molecule has 5 heteroatoms. The number of amides is 2. The molecule has 1 atom stereocenters. The van der Waals surface area contributed by atoms with E-state index < -0.39 is 0 Å². The van der Waals surface area contributed by atoms with E-state index in [1.165, 1.54) is 0 Å². The van der Waals surface area contributed by atoms with Gasteiger partial charge in [0.2, 0.25) is 11.8 Å². The van der Waals surface area contributed by atoms with Crippen LogP contribution in [0.3, 0.4) is 0 Å². The minimum atomic E-state index is 0.0786. The molecule has 2 amide bonds. The van der Waals surface area contributed by atoms with Gasteiger partial charge in [-0.1, -0.05) is 30.3 Å². The van der Waals surface area contributed by atoms with Crippen molar-refractivity contribution in [1.29, 1.82) is 0 Å². The largest absolute Gasteiger partial charge is 0.367 e. The van der Waals surface area contributed by atoms with Gasteiger partial charge < -0.3 is 14.5 Å². The minimum Gasteiger partial charge on any atom is -0.367 e. The molecule has 2 heterocycles. The van der Waals surface area contributed by atoms with E-state index in [2.05, 4.69) is 4.90 Å². The van der Waals surface area contributed by atoms with Crippen LogP contribution in [-0.4, -0.2) is 53.9 Å². The van der Waals surface area contributed by atoms with Crippen LogP contribution in [0.25, 0.3) is 0 Å².